The molecule has 29 heavy (non-hydrogen) atoms. The first-order chi connectivity index (χ1) is 13.6. The fraction of sp³-hybridized carbons (Fsp3) is 0.556. The van der Waals surface area contributed by atoms with Crippen molar-refractivity contribution in [2.45, 2.75) is 31.7 Å². The summed E-state index contributed by atoms with van der Waals surface area (Å²) in [5.74, 6) is -2.01. The second kappa shape index (κ2) is 8.56. The van der Waals surface area contributed by atoms with E-state index in [-0.39, 0.29) is 42.3 Å². The molecular weight excluding hydrogens is 393 g/mol. The highest BCUT2D eigenvalue weighted by molar-refractivity contribution is 7.85. The van der Waals surface area contributed by atoms with Crippen LogP contribution in [0.4, 0.5) is 0 Å². The van der Waals surface area contributed by atoms with Crippen LogP contribution in [0.15, 0.2) is 12.1 Å². The first-order valence-electron chi connectivity index (χ1n) is 9.29. The summed E-state index contributed by atoms with van der Waals surface area (Å²) in [4.78, 5) is 24.8. The van der Waals surface area contributed by atoms with Crippen molar-refractivity contribution in [1.29, 1.82) is 0 Å². The number of esters is 2. The number of fused-ring (bicyclic) bond motifs is 2. The number of ether oxygens (including phenoxy) is 2. The predicted molar refractivity (Wildman–Crippen MR) is 108 cm³/mol. The molecule has 0 amide bonds. The molecule has 0 saturated heterocycles. The Morgan fingerprint density at radius 3 is 2.45 bits per heavy atom. The van der Waals surface area contributed by atoms with Gasteiger partial charge in [0.1, 0.15) is 34.2 Å². The van der Waals surface area contributed by atoms with Gasteiger partial charge in [-0.25, -0.2) is 4.79 Å². The summed E-state index contributed by atoms with van der Waals surface area (Å²) in [6.45, 7) is -0.386. The molecule has 11 heteroatoms. The molecule has 1 N–H and O–H groups in total. The Hall–Kier alpha value is -1.74. The van der Waals surface area contributed by atoms with E-state index in [2.05, 4.69) is 0 Å². The molecule has 0 aliphatic heterocycles. The van der Waals surface area contributed by atoms with Gasteiger partial charge in [-0.1, -0.05) is 29.4 Å². The number of carbonyl (C=O) groups is 2. The lowest BCUT2D eigenvalue weighted by molar-refractivity contribution is -0.150. The van der Waals surface area contributed by atoms with Crippen molar-refractivity contribution in [2.75, 3.05) is 12.4 Å². The Kier molecular flexibility index (Phi) is 6.48. The summed E-state index contributed by atoms with van der Waals surface area (Å²) in [6.07, 6.45) is 1.48. The van der Waals surface area contributed by atoms with Gasteiger partial charge < -0.3 is 9.47 Å². The van der Waals surface area contributed by atoms with Gasteiger partial charge in [-0.3, -0.25) is 9.35 Å². The van der Waals surface area contributed by atoms with E-state index in [1.165, 1.54) is 12.1 Å². The Morgan fingerprint density at radius 1 is 1.14 bits per heavy atom. The SMILES string of the molecule is [B]Cc1c([B])cc([B])cc1C(=O)OC1CC2CC1CC2C(=O)OCCS(=O)(=O)O. The van der Waals surface area contributed by atoms with Crippen LogP contribution in [0.5, 0.6) is 0 Å². The highest BCUT2D eigenvalue weighted by Crippen LogP contribution is 2.50. The zero-order valence-corrected chi connectivity index (χ0v) is 16.6. The van der Waals surface area contributed by atoms with Crippen molar-refractivity contribution in [2.24, 2.45) is 17.8 Å². The quantitative estimate of drug-likeness (QED) is 0.346. The zero-order valence-electron chi connectivity index (χ0n) is 15.7. The number of hydrogen-bond acceptors (Lipinski definition) is 6. The summed E-state index contributed by atoms with van der Waals surface area (Å²) >= 11 is 0. The van der Waals surface area contributed by atoms with Crippen LogP contribution in [-0.2, 0) is 30.7 Å². The van der Waals surface area contributed by atoms with E-state index in [1.54, 1.807) is 0 Å². The van der Waals surface area contributed by atoms with Crippen molar-refractivity contribution in [1.82, 2.24) is 0 Å². The molecule has 148 valence electrons. The van der Waals surface area contributed by atoms with Crippen LogP contribution in [0.25, 0.3) is 0 Å². The molecular formula is C18H19B3O7S. The standard InChI is InChI=1S/C18H19B3O7S/c19-8-14-13(6-11(20)7-15(14)21)18(23)28-16-5-9-3-10(16)4-12(9)17(22)27-1-2-29(24,25)26/h6-7,9-10,12,16H,1-5,8H2,(H,24,25,26). The average Bonchev–Trinajstić information content (AvgIpc) is 3.20. The van der Waals surface area contributed by atoms with Gasteiger partial charge in [0.2, 0.25) is 0 Å². The van der Waals surface area contributed by atoms with Gasteiger partial charge in [0.05, 0.1) is 19.3 Å². The fourth-order valence-electron chi connectivity index (χ4n) is 4.34. The van der Waals surface area contributed by atoms with Crippen LogP contribution in [0.3, 0.4) is 0 Å². The van der Waals surface area contributed by atoms with E-state index in [1.807, 2.05) is 0 Å². The normalized spacial score (nSPS) is 25.7. The predicted octanol–water partition coefficient (Wildman–Crippen LogP) is -1.05. The molecule has 6 radical (unpaired) electrons. The molecule has 0 spiro atoms. The maximum Gasteiger partial charge on any atom is 0.338 e. The van der Waals surface area contributed by atoms with Gasteiger partial charge in [-0.2, -0.15) is 8.42 Å². The maximum absolute atomic E-state index is 12.7. The molecule has 0 aromatic heterocycles. The molecule has 4 atom stereocenters. The maximum atomic E-state index is 12.7. The minimum atomic E-state index is -4.18. The highest BCUT2D eigenvalue weighted by Gasteiger charge is 2.50. The van der Waals surface area contributed by atoms with Gasteiger partial charge >= 0.3 is 11.9 Å². The van der Waals surface area contributed by atoms with Crippen LogP contribution in [0.2, 0.25) is 0 Å². The Morgan fingerprint density at radius 2 is 1.86 bits per heavy atom. The van der Waals surface area contributed by atoms with Crippen LogP contribution in [0, 0.1) is 17.8 Å². The molecule has 4 unspecified atom stereocenters. The van der Waals surface area contributed by atoms with Gasteiger partial charge in [0, 0.05) is 0 Å². The van der Waals surface area contributed by atoms with Gasteiger partial charge in [0.15, 0.2) is 0 Å². The number of rotatable bonds is 7. The van der Waals surface area contributed by atoms with E-state index in [9.17, 15) is 18.0 Å². The van der Waals surface area contributed by atoms with E-state index >= 15 is 0 Å². The Labute approximate surface area is 173 Å². The van der Waals surface area contributed by atoms with Crippen molar-refractivity contribution < 1.29 is 32.0 Å². The summed E-state index contributed by atoms with van der Waals surface area (Å²) in [6, 6.07) is 3.03. The monoisotopic (exact) mass is 412 g/mol. The highest BCUT2D eigenvalue weighted by atomic mass is 32.2. The topological polar surface area (TPSA) is 107 Å². The third-order valence-electron chi connectivity index (χ3n) is 5.67. The van der Waals surface area contributed by atoms with Crippen molar-refractivity contribution in [3.63, 3.8) is 0 Å². The molecule has 2 saturated carbocycles. The Bertz CT molecular complexity index is 918. The number of benzene rings is 1. The molecule has 2 bridgehead atoms. The van der Waals surface area contributed by atoms with Crippen molar-refractivity contribution in [3.8, 4) is 0 Å². The smallest absolute Gasteiger partial charge is 0.338 e. The Balaban J connectivity index is 1.58. The largest absolute Gasteiger partial charge is 0.464 e. The van der Waals surface area contributed by atoms with Crippen LogP contribution >= 0.6 is 0 Å². The van der Waals surface area contributed by atoms with Crippen LogP contribution in [0.1, 0.15) is 35.2 Å². The third-order valence-corrected chi connectivity index (χ3v) is 6.35. The lowest BCUT2D eigenvalue weighted by Crippen LogP contribution is -2.33. The molecule has 3 rings (SSSR count). The lowest BCUT2D eigenvalue weighted by atomic mass is 9.77. The lowest BCUT2D eigenvalue weighted by Gasteiger charge is -2.27. The summed E-state index contributed by atoms with van der Waals surface area (Å²) < 4.78 is 40.7. The minimum absolute atomic E-state index is 0.00377. The molecule has 2 fully saturated rings. The summed E-state index contributed by atoms with van der Waals surface area (Å²) in [5, 5.41) is 0. The van der Waals surface area contributed by atoms with Crippen molar-refractivity contribution in [3.05, 3.63) is 23.3 Å². The van der Waals surface area contributed by atoms with Crippen LogP contribution in [-0.4, -0.2) is 66.9 Å². The van der Waals surface area contributed by atoms with Crippen molar-refractivity contribution >= 4 is 56.5 Å². The molecule has 7 nitrogen and oxygen atoms in total. The second-order valence-electron chi connectivity index (χ2n) is 7.57. The van der Waals surface area contributed by atoms with E-state index in [4.69, 9.17) is 37.6 Å². The van der Waals surface area contributed by atoms with Crippen LogP contribution < -0.4 is 10.9 Å². The summed E-state index contributed by atoms with van der Waals surface area (Å²) in [7, 11) is 13.2. The number of carbonyl (C=O) groups excluding carboxylic acids is 2. The third kappa shape index (κ3) is 5.06. The van der Waals surface area contributed by atoms with E-state index in [0.717, 1.165) is 6.42 Å². The molecule has 2 aliphatic rings. The number of hydrogen-bond donors (Lipinski definition) is 1. The van der Waals surface area contributed by atoms with E-state index < -0.39 is 27.8 Å². The van der Waals surface area contributed by atoms with E-state index in [0.29, 0.717) is 29.3 Å². The zero-order chi connectivity index (χ0) is 21.3. The molecule has 1 aromatic carbocycles. The van der Waals surface area contributed by atoms with Gasteiger partial charge in [-0.05, 0) is 36.7 Å². The van der Waals surface area contributed by atoms with Gasteiger partial charge in [0.25, 0.3) is 10.1 Å². The fourth-order valence-corrected chi connectivity index (χ4v) is 4.63. The first kappa shape index (κ1) is 22.0. The first-order valence-corrected chi connectivity index (χ1v) is 10.9. The second-order valence-corrected chi connectivity index (χ2v) is 9.14. The average molecular weight is 412 g/mol. The molecule has 2 aliphatic carbocycles. The molecule has 0 heterocycles. The van der Waals surface area contributed by atoms with Gasteiger partial charge in [-0.15, -0.1) is 0 Å². The molecule has 1 aromatic rings. The minimum Gasteiger partial charge on any atom is -0.464 e. The summed E-state index contributed by atoms with van der Waals surface area (Å²) in [5.41, 5.74) is 1.40.